The van der Waals surface area contributed by atoms with Gasteiger partial charge in [-0.15, -0.1) is 0 Å². The van der Waals surface area contributed by atoms with Crippen LogP contribution in [-0.4, -0.2) is 28.2 Å². The Balaban J connectivity index is 2.75. The number of hydrogen-bond acceptors (Lipinski definition) is 5. The van der Waals surface area contributed by atoms with Gasteiger partial charge in [-0.2, -0.15) is 0 Å². The van der Waals surface area contributed by atoms with Crippen LogP contribution in [0.4, 0.5) is 11.5 Å². The average Bonchev–Trinajstić information content (AvgIpc) is 2.13. The summed E-state index contributed by atoms with van der Waals surface area (Å²) in [6.07, 6.45) is 0.682. The number of aliphatic hydroxyl groups excluding tert-OH is 1. The van der Waals surface area contributed by atoms with Crippen molar-refractivity contribution in [2.75, 3.05) is 24.2 Å². The Morgan fingerprint density at radius 3 is 2.71 bits per heavy atom. The van der Waals surface area contributed by atoms with E-state index in [-0.39, 0.29) is 6.61 Å². The number of nitrogens with one attached hydrogen (secondary N) is 1. The summed E-state index contributed by atoms with van der Waals surface area (Å²) >= 11 is 0. The molecule has 1 aromatic rings. The van der Waals surface area contributed by atoms with Crippen molar-refractivity contribution in [2.24, 2.45) is 0 Å². The molecule has 1 heterocycles. The molecule has 0 saturated heterocycles. The van der Waals surface area contributed by atoms with Crippen LogP contribution >= 0.6 is 0 Å². The van der Waals surface area contributed by atoms with Crippen molar-refractivity contribution < 1.29 is 5.11 Å². The highest BCUT2D eigenvalue weighted by atomic mass is 16.3. The smallest absolute Gasteiger partial charge is 0.153 e. The largest absolute Gasteiger partial charge is 0.396 e. The van der Waals surface area contributed by atoms with Crippen LogP contribution in [0.15, 0.2) is 0 Å². The van der Waals surface area contributed by atoms with E-state index < -0.39 is 0 Å². The molecule has 0 spiro atoms. The Labute approximate surface area is 83.4 Å². The molecule has 0 radical (unpaired) electrons. The zero-order valence-corrected chi connectivity index (χ0v) is 8.54. The molecule has 1 rings (SSSR count). The van der Waals surface area contributed by atoms with E-state index in [2.05, 4.69) is 15.3 Å². The van der Waals surface area contributed by atoms with Crippen LogP contribution in [0.25, 0.3) is 0 Å². The van der Waals surface area contributed by atoms with Gasteiger partial charge in [0.15, 0.2) is 5.82 Å². The van der Waals surface area contributed by atoms with E-state index in [1.165, 1.54) is 0 Å². The number of nitrogens with zero attached hydrogens (tertiary/aromatic N) is 2. The SMILES string of the molecule is Cc1nc(C)c(N)c(NCCCO)n1. The summed E-state index contributed by atoms with van der Waals surface area (Å²) < 4.78 is 0. The molecule has 0 aliphatic rings. The molecule has 0 aromatic carbocycles. The van der Waals surface area contributed by atoms with Gasteiger partial charge in [-0.05, 0) is 20.3 Å². The predicted octanol–water partition coefficient (Wildman–Crippen LogP) is 0.470. The summed E-state index contributed by atoms with van der Waals surface area (Å²) in [5, 5.41) is 11.7. The van der Waals surface area contributed by atoms with E-state index >= 15 is 0 Å². The molecule has 0 saturated carbocycles. The van der Waals surface area contributed by atoms with Crippen LogP contribution in [0.1, 0.15) is 17.9 Å². The van der Waals surface area contributed by atoms with E-state index in [4.69, 9.17) is 10.8 Å². The molecular formula is C9H16N4O. The zero-order valence-electron chi connectivity index (χ0n) is 8.54. The van der Waals surface area contributed by atoms with Crippen LogP contribution < -0.4 is 11.1 Å². The van der Waals surface area contributed by atoms with Crippen molar-refractivity contribution in [2.45, 2.75) is 20.3 Å². The van der Waals surface area contributed by atoms with Crippen LogP contribution in [0, 0.1) is 13.8 Å². The summed E-state index contributed by atoms with van der Waals surface area (Å²) in [4.78, 5) is 8.31. The van der Waals surface area contributed by atoms with Gasteiger partial charge in [0.25, 0.3) is 0 Å². The van der Waals surface area contributed by atoms with E-state index in [0.29, 0.717) is 30.3 Å². The molecule has 0 amide bonds. The van der Waals surface area contributed by atoms with Crippen molar-refractivity contribution in [1.82, 2.24) is 9.97 Å². The lowest BCUT2D eigenvalue weighted by atomic mass is 10.3. The van der Waals surface area contributed by atoms with Crippen molar-refractivity contribution in [3.05, 3.63) is 11.5 Å². The second-order valence-corrected chi connectivity index (χ2v) is 3.12. The Hall–Kier alpha value is -1.36. The van der Waals surface area contributed by atoms with E-state index in [1.54, 1.807) is 0 Å². The lowest BCUT2D eigenvalue weighted by molar-refractivity contribution is 0.292. The Kier molecular flexibility index (Phi) is 3.64. The summed E-state index contributed by atoms with van der Waals surface area (Å²) in [6, 6.07) is 0. The van der Waals surface area contributed by atoms with Crippen LogP contribution in [0.2, 0.25) is 0 Å². The molecule has 0 fully saturated rings. The second-order valence-electron chi connectivity index (χ2n) is 3.12. The lowest BCUT2D eigenvalue weighted by Gasteiger charge is -2.09. The molecular weight excluding hydrogens is 180 g/mol. The van der Waals surface area contributed by atoms with Crippen molar-refractivity contribution in [3.8, 4) is 0 Å². The first kappa shape index (κ1) is 10.7. The quantitative estimate of drug-likeness (QED) is 0.610. The number of nitrogen functional groups attached to an aromatic ring is 1. The molecule has 14 heavy (non-hydrogen) atoms. The number of hydrogen-bond donors (Lipinski definition) is 3. The third-order valence-corrected chi connectivity index (χ3v) is 1.88. The average molecular weight is 196 g/mol. The standard InChI is InChI=1S/C9H16N4O/c1-6-8(10)9(11-4-3-5-14)13-7(2)12-6/h14H,3-5,10H2,1-2H3,(H,11,12,13). The number of aliphatic hydroxyl groups is 1. The third kappa shape index (κ3) is 2.56. The fourth-order valence-corrected chi connectivity index (χ4v) is 1.14. The molecule has 0 aliphatic carbocycles. The van der Waals surface area contributed by atoms with Gasteiger partial charge in [0, 0.05) is 13.2 Å². The van der Waals surface area contributed by atoms with Gasteiger partial charge in [0.05, 0.1) is 11.4 Å². The Bertz CT molecular complexity index is 314. The Morgan fingerprint density at radius 2 is 2.07 bits per heavy atom. The van der Waals surface area contributed by atoms with Gasteiger partial charge in [-0.1, -0.05) is 0 Å². The number of aryl methyl sites for hydroxylation is 2. The van der Waals surface area contributed by atoms with Gasteiger partial charge >= 0.3 is 0 Å². The minimum atomic E-state index is 0.163. The topological polar surface area (TPSA) is 84.1 Å². The summed E-state index contributed by atoms with van der Waals surface area (Å²) in [5.74, 6) is 1.35. The molecule has 0 unspecified atom stereocenters. The van der Waals surface area contributed by atoms with Gasteiger partial charge in [0.1, 0.15) is 5.82 Å². The maximum Gasteiger partial charge on any atom is 0.153 e. The van der Waals surface area contributed by atoms with E-state index in [1.807, 2.05) is 13.8 Å². The minimum absolute atomic E-state index is 0.163. The van der Waals surface area contributed by atoms with Gasteiger partial charge in [-0.25, -0.2) is 9.97 Å². The van der Waals surface area contributed by atoms with Crippen molar-refractivity contribution in [3.63, 3.8) is 0 Å². The van der Waals surface area contributed by atoms with E-state index in [9.17, 15) is 0 Å². The number of aromatic nitrogens is 2. The van der Waals surface area contributed by atoms with Gasteiger partial charge in [-0.3, -0.25) is 0 Å². The van der Waals surface area contributed by atoms with Crippen LogP contribution in [0.3, 0.4) is 0 Å². The first-order chi connectivity index (χ1) is 6.65. The predicted molar refractivity (Wildman–Crippen MR) is 56.1 cm³/mol. The molecule has 0 aliphatic heterocycles. The third-order valence-electron chi connectivity index (χ3n) is 1.88. The summed E-state index contributed by atoms with van der Waals surface area (Å²) in [6.45, 7) is 4.50. The molecule has 0 atom stereocenters. The molecule has 4 N–H and O–H groups in total. The van der Waals surface area contributed by atoms with Gasteiger partial charge < -0.3 is 16.2 Å². The molecule has 5 heteroatoms. The lowest BCUT2D eigenvalue weighted by Crippen LogP contribution is -2.10. The fraction of sp³-hybridized carbons (Fsp3) is 0.556. The Morgan fingerprint density at radius 1 is 1.36 bits per heavy atom. The molecule has 1 aromatic heterocycles. The highest BCUT2D eigenvalue weighted by Gasteiger charge is 2.05. The molecule has 5 nitrogen and oxygen atoms in total. The monoisotopic (exact) mass is 196 g/mol. The molecule has 0 bridgehead atoms. The first-order valence-corrected chi connectivity index (χ1v) is 4.60. The number of nitrogens with two attached hydrogens (primary N) is 1. The van der Waals surface area contributed by atoms with Gasteiger partial charge in [0.2, 0.25) is 0 Å². The first-order valence-electron chi connectivity index (χ1n) is 4.60. The summed E-state index contributed by atoms with van der Waals surface area (Å²) in [5.41, 5.74) is 7.14. The number of rotatable bonds is 4. The van der Waals surface area contributed by atoms with E-state index in [0.717, 1.165) is 5.69 Å². The summed E-state index contributed by atoms with van der Waals surface area (Å²) in [7, 11) is 0. The van der Waals surface area contributed by atoms with Crippen LogP contribution in [-0.2, 0) is 0 Å². The van der Waals surface area contributed by atoms with Crippen molar-refractivity contribution >= 4 is 11.5 Å². The van der Waals surface area contributed by atoms with Crippen molar-refractivity contribution in [1.29, 1.82) is 0 Å². The second kappa shape index (κ2) is 4.76. The minimum Gasteiger partial charge on any atom is -0.396 e. The normalized spacial score (nSPS) is 10.2. The molecule has 78 valence electrons. The zero-order chi connectivity index (χ0) is 10.6. The highest BCUT2D eigenvalue weighted by Crippen LogP contribution is 2.17. The fourth-order valence-electron chi connectivity index (χ4n) is 1.14. The number of anilines is 2. The highest BCUT2D eigenvalue weighted by molar-refractivity contribution is 5.63. The van der Waals surface area contributed by atoms with Crippen LogP contribution in [0.5, 0.6) is 0 Å². The maximum absolute atomic E-state index is 8.62. The maximum atomic E-state index is 8.62.